The molecule has 1 amide bonds. The van der Waals surface area contributed by atoms with Crippen molar-refractivity contribution in [3.05, 3.63) is 59.2 Å². The van der Waals surface area contributed by atoms with E-state index >= 15 is 0 Å². The predicted octanol–water partition coefficient (Wildman–Crippen LogP) is 3.40. The lowest BCUT2D eigenvalue weighted by molar-refractivity contribution is 0.100. The Bertz CT molecular complexity index is 1070. The Balaban J connectivity index is 1.98. The molecule has 0 radical (unpaired) electrons. The van der Waals surface area contributed by atoms with E-state index < -0.39 is 23.5 Å². The van der Waals surface area contributed by atoms with Crippen LogP contribution in [0.5, 0.6) is 5.88 Å². The van der Waals surface area contributed by atoms with Crippen molar-refractivity contribution in [3.63, 3.8) is 0 Å². The van der Waals surface area contributed by atoms with Crippen LogP contribution in [0.15, 0.2) is 36.4 Å². The maximum Gasteiger partial charge on any atom is 0.251 e. The number of halogens is 2. The van der Waals surface area contributed by atoms with Gasteiger partial charge in [-0.2, -0.15) is 4.98 Å². The zero-order chi connectivity index (χ0) is 22.5. The summed E-state index contributed by atoms with van der Waals surface area (Å²) in [6.45, 7) is 1.30. The normalized spacial score (nSPS) is 11.9. The van der Waals surface area contributed by atoms with E-state index in [2.05, 4.69) is 10.3 Å². The molecule has 1 unspecified atom stereocenters. The van der Waals surface area contributed by atoms with Gasteiger partial charge in [-0.25, -0.2) is 8.78 Å². The number of amides is 1. The molecule has 3 aromatic rings. The number of rotatable bonds is 9. The molecular weight excluding hydrogens is 428 g/mol. The highest BCUT2D eigenvalue weighted by Gasteiger charge is 2.22. The molecule has 2 heterocycles. The summed E-state index contributed by atoms with van der Waals surface area (Å²) in [5, 5.41) is 21.3. The topological polar surface area (TPSA) is 118 Å². The number of pyridine rings is 1. The number of aliphatic hydroxyl groups excluding tert-OH is 2. The number of anilines is 2. The summed E-state index contributed by atoms with van der Waals surface area (Å²) < 4.78 is 34.7. The highest BCUT2D eigenvalue weighted by atomic mass is 32.1. The monoisotopic (exact) mass is 449 g/mol. The maximum absolute atomic E-state index is 14.7. The van der Waals surface area contributed by atoms with Crippen LogP contribution in [-0.2, 0) is 0 Å². The summed E-state index contributed by atoms with van der Waals surface area (Å²) in [6.07, 6.45) is 0. The minimum atomic E-state index is -0.809. The van der Waals surface area contributed by atoms with Crippen LogP contribution in [0.1, 0.15) is 28.8 Å². The molecule has 0 aliphatic heterocycles. The Morgan fingerprint density at radius 1 is 1.26 bits per heavy atom. The van der Waals surface area contributed by atoms with E-state index in [-0.39, 0.29) is 46.7 Å². The molecule has 5 N–H and O–H groups in total. The molecular formula is C21H21F2N3O4S. The largest absolute Gasteiger partial charge is 0.475 e. The van der Waals surface area contributed by atoms with Gasteiger partial charge in [0.15, 0.2) is 0 Å². The molecule has 0 fully saturated rings. The summed E-state index contributed by atoms with van der Waals surface area (Å²) in [5.41, 5.74) is 5.54. The van der Waals surface area contributed by atoms with Crippen LogP contribution >= 0.6 is 11.3 Å². The number of carbonyl (C=O) groups excluding carboxylic acids is 1. The number of nitrogens with zero attached hydrogens (tertiary/aromatic N) is 1. The second kappa shape index (κ2) is 9.82. The Labute approximate surface area is 181 Å². The number of aliphatic hydroxyl groups is 2. The van der Waals surface area contributed by atoms with E-state index in [1.54, 1.807) is 25.1 Å². The van der Waals surface area contributed by atoms with Gasteiger partial charge in [-0.1, -0.05) is 13.0 Å². The van der Waals surface area contributed by atoms with Crippen molar-refractivity contribution >= 4 is 28.1 Å². The number of nitrogens with one attached hydrogen (secondary N) is 1. The molecule has 1 atom stereocenters. The molecule has 0 saturated heterocycles. The quantitative estimate of drug-likeness (QED) is 0.398. The van der Waals surface area contributed by atoms with E-state index in [0.29, 0.717) is 11.4 Å². The van der Waals surface area contributed by atoms with Crippen LogP contribution in [0.2, 0.25) is 0 Å². The summed E-state index contributed by atoms with van der Waals surface area (Å²) in [6, 6.07) is 8.51. The molecule has 0 bridgehead atoms. The van der Waals surface area contributed by atoms with E-state index in [1.807, 2.05) is 0 Å². The number of primary amides is 1. The van der Waals surface area contributed by atoms with Gasteiger partial charge in [0, 0.05) is 23.5 Å². The SMILES string of the molecule is CC(CO)c1cc(F)c(-c2cc(C(N)=O)c(Nc3cccc(OCCO)n3)s2)c(F)c1. The Morgan fingerprint density at radius 3 is 2.58 bits per heavy atom. The van der Waals surface area contributed by atoms with Gasteiger partial charge in [0.25, 0.3) is 5.91 Å². The van der Waals surface area contributed by atoms with Crippen molar-refractivity contribution in [2.75, 3.05) is 25.1 Å². The molecule has 7 nitrogen and oxygen atoms in total. The van der Waals surface area contributed by atoms with Crippen LogP contribution in [0.4, 0.5) is 19.6 Å². The second-order valence-corrected chi connectivity index (χ2v) is 7.77. The van der Waals surface area contributed by atoms with Gasteiger partial charge in [0.05, 0.1) is 17.7 Å². The molecule has 10 heteroatoms. The van der Waals surface area contributed by atoms with Gasteiger partial charge >= 0.3 is 0 Å². The third kappa shape index (κ3) is 5.16. The second-order valence-electron chi connectivity index (χ2n) is 6.72. The van der Waals surface area contributed by atoms with Crippen molar-refractivity contribution in [1.82, 2.24) is 4.98 Å². The van der Waals surface area contributed by atoms with Crippen molar-refractivity contribution in [2.24, 2.45) is 5.73 Å². The van der Waals surface area contributed by atoms with Gasteiger partial charge in [-0.05, 0) is 29.8 Å². The van der Waals surface area contributed by atoms with Crippen LogP contribution in [-0.4, -0.2) is 40.9 Å². The van der Waals surface area contributed by atoms with Gasteiger partial charge < -0.3 is 26.0 Å². The standard InChI is InChI=1S/C21H21F2N3O4S/c1-11(10-28)12-7-14(22)19(15(23)8-12)16-9-13(20(24)29)21(31-16)26-17-3-2-4-18(25-17)30-6-5-27/h2-4,7-9,11,27-28H,5-6,10H2,1H3,(H2,24,29)(H,25,26). The number of benzene rings is 1. The number of aromatic nitrogens is 1. The third-order valence-corrected chi connectivity index (χ3v) is 5.53. The lowest BCUT2D eigenvalue weighted by atomic mass is 9.99. The lowest BCUT2D eigenvalue weighted by Crippen LogP contribution is -2.11. The molecule has 31 heavy (non-hydrogen) atoms. The fourth-order valence-electron chi connectivity index (χ4n) is 2.84. The van der Waals surface area contributed by atoms with E-state index in [4.69, 9.17) is 15.6 Å². The van der Waals surface area contributed by atoms with Gasteiger partial charge in [-0.15, -0.1) is 11.3 Å². The average molecular weight is 449 g/mol. The number of hydrogen-bond donors (Lipinski definition) is 4. The number of thiophene rings is 1. The molecule has 2 aromatic heterocycles. The van der Waals surface area contributed by atoms with Crippen LogP contribution in [0.3, 0.4) is 0 Å². The molecule has 1 aromatic carbocycles. The molecule has 164 valence electrons. The van der Waals surface area contributed by atoms with Crippen molar-refractivity contribution < 1.29 is 28.5 Å². The molecule has 0 aliphatic carbocycles. The van der Waals surface area contributed by atoms with Crippen LogP contribution in [0, 0.1) is 11.6 Å². The average Bonchev–Trinajstić information content (AvgIpc) is 3.14. The zero-order valence-corrected chi connectivity index (χ0v) is 17.4. The van der Waals surface area contributed by atoms with Crippen molar-refractivity contribution in [1.29, 1.82) is 0 Å². The predicted molar refractivity (Wildman–Crippen MR) is 114 cm³/mol. The Morgan fingerprint density at radius 2 is 1.97 bits per heavy atom. The summed E-state index contributed by atoms with van der Waals surface area (Å²) in [4.78, 5) is 16.3. The van der Waals surface area contributed by atoms with E-state index in [1.165, 1.54) is 18.2 Å². The highest BCUT2D eigenvalue weighted by molar-refractivity contribution is 7.20. The number of hydrogen-bond acceptors (Lipinski definition) is 7. The molecule has 3 rings (SSSR count). The lowest BCUT2D eigenvalue weighted by Gasteiger charge is -2.11. The number of ether oxygens (including phenoxy) is 1. The molecule has 0 aliphatic rings. The summed E-state index contributed by atoms with van der Waals surface area (Å²) in [5.74, 6) is -2.25. The Kier molecular flexibility index (Phi) is 7.16. The molecule has 0 spiro atoms. The highest BCUT2D eigenvalue weighted by Crippen LogP contribution is 2.40. The third-order valence-electron chi connectivity index (χ3n) is 4.46. The van der Waals surface area contributed by atoms with Gasteiger partial charge in [0.2, 0.25) is 5.88 Å². The number of carbonyl (C=O) groups is 1. The minimum Gasteiger partial charge on any atom is -0.475 e. The zero-order valence-electron chi connectivity index (χ0n) is 16.6. The summed E-state index contributed by atoms with van der Waals surface area (Å²) >= 11 is 0.946. The first-order valence-corrected chi connectivity index (χ1v) is 10.2. The first-order valence-electron chi connectivity index (χ1n) is 9.35. The smallest absolute Gasteiger partial charge is 0.251 e. The van der Waals surface area contributed by atoms with Crippen molar-refractivity contribution in [3.8, 4) is 16.3 Å². The van der Waals surface area contributed by atoms with Gasteiger partial charge in [0.1, 0.15) is 29.1 Å². The molecule has 0 saturated carbocycles. The number of nitrogens with two attached hydrogens (primary N) is 1. The van der Waals surface area contributed by atoms with Crippen molar-refractivity contribution in [2.45, 2.75) is 12.8 Å². The maximum atomic E-state index is 14.7. The van der Waals surface area contributed by atoms with E-state index in [0.717, 1.165) is 11.3 Å². The van der Waals surface area contributed by atoms with Gasteiger partial charge in [-0.3, -0.25) is 4.79 Å². The Hall–Kier alpha value is -3.08. The fraction of sp³-hybridized carbons (Fsp3) is 0.238. The first-order chi connectivity index (χ1) is 14.8. The summed E-state index contributed by atoms with van der Waals surface area (Å²) in [7, 11) is 0. The minimum absolute atomic E-state index is 0.0510. The van der Waals surface area contributed by atoms with Crippen LogP contribution in [0.25, 0.3) is 10.4 Å². The van der Waals surface area contributed by atoms with E-state index in [9.17, 15) is 18.7 Å². The first kappa shape index (κ1) is 22.6. The van der Waals surface area contributed by atoms with Crippen LogP contribution < -0.4 is 15.8 Å². The fourth-order valence-corrected chi connectivity index (χ4v) is 3.96.